The maximum absolute atomic E-state index is 11.6. The topological polar surface area (TPSA) is 112 Å². The van der Waals surface area contributed by atoms with Gasteiger partial charge < -0.3 is 24.2 Å². The van der Waals surface area contributed by atoms with Gasteiger partial charge in [-0.05, 0) is 67.8 Å². The zero-order valence-corrected chi connectivity index (χ0v) is 28.4. The van der Waals surface area contributed by atoms with Crippen LogP contribution in [0.4, 0.5) is 17.5 Å². The predicted octanol–water partition coefficient (Wildman–Crippen LogP) is 5.47. The summed E-state index contributed by atoms with van der Waals surface area (Å²) in [7, 11) is 1.58. The quantitative estimate of drug-likeness (QED) is 0.230. The Morgan fingerprint density at radius 3 is 2.75 bits per heavy atom. The number of nitriles is 1. The van der Waals surface area contributed by atoms with Gasteiger partial charge in [-0.1, -0.05) is 39.3 Å². The molecule has 2 aromatic heterocycles. The van der Waals surface area contributed by atoms with Crippen LogP contribution in [0, 0.1) is 17.2 Å². The van der Waals surface area contributed by atoms with Crippen molar-refractivity contribution in [2.45, 2.75) is 64.2 Å². The van der Waals surface area contributed by atoms with Crippen LogP contribution >= 0.6 is 11.6 Å². The van der Waals surface area contributed by atoms with E-state index in [4.69, 9.17) is 21.0 Å². The minimum atomic E-state index is -2.05. The van der Waals surface area contributed by atoms with Crippen molar-refractivity contribution in [1.82, 2.24) is 24.6 Å². The molecule has 2 aliphatic heterocycles. The van der Waals surface area contributed by atoms with Crippen molar-refractivity contribution in [3.05, 3.63) is 46.7 Å². The maximum atomic E-state index is 11.6. The molecule has 1 saturated heterocycles. The second-order valence-corrected chi connectivity index (χ2v) is 19.1. The highest BCUT2D eigenvalue weighted by molar-refractivity contribution is 6.74. The van der Waals surface area contributed by atoms with Gasteiger partial charge in [-0.3, -0.25) is 0 Å². The summed E-state index contributed by atoms with van der Waals surface area (Å²) >= 11 is 6.31. The Morgan fingerprint density at radius 2 is 2.09 bits per heavy atom. The number of benzene rings is 1. The van der Waals surface area contributed by atoms with Crippen LogP contribution < -0.4 is 10.1 Å². The third kappa shape index (κ3) is 6.56. The number of aromatic nitrogens is 4. The van der Waals surface area contributed by atoms with E-state index in [2.05, 4.69) is 80.3 Å². The molecule has 0 bridgehead atoms. The molecule has 44 heavy (non-hydrogen) atoms. The molecule has 0 aliphatic carbocycles. The van der Waals surface area contributed by atoms with Gasteiger partial charge in [0.1, 0.15) is 18.1 Å². The van der Waals surface area contributed by atoms with Crippen LogP contribution in [0.2, 0.25) is 23.3 Å². The fraction of sp³-hybridized carbons (Fsp3) is 0.516. The molecule has 5 rings (SSSR count). The molecule has 10 nitrogen and oxygen atoms in total. The van der Waals surface area contributed by atoms with Crippen molar-refractivity contribution >= 4 is 51.0 Å². The summed E-state index contributed by atoms with van der Waals surface area (Å²) in [6.07, 6.45) is 3.58. The number of hydrogen-bond donors (Lipinski definition) is 1. The lowest BCUT2D eigenvalue weighted by Crippen LogP contribution is -2.46. The molecule has 0 amide bonds. The summed E-state index contributed by atoms with van der Waals surface area (Å²) in [6, 6.07) is 9.89. The van der Waals surface area contributed by atoms with E-state index >= 15 is 0 Å². The number of nitrogens with zero attached hydrogens (tertiary/aromatic N) is 7. The molecule has 1 fully saturated rings. The first kappa shape index (κ1) is 32.2. The molecular weight excluding hydrogens is 591 g/mol. The van der Waals surface area contributed by atoms with Crippen molar-refractivity contribution in [3.8, 4) is 17.3 Å². The molecule has 2 atom stereocenters. The Kier molecular flexibility index (Phi) is 8.97. The number of halogens is 1. The Bertz CT molecular complexity index is 1590. The highest BCUT2D eigenvalue weighted by atomic mass is 35.5. The second-order valence-electron chi connectivity index (χ2n) is 13.9. The van der Waals surface area contributed by atoms with Gasteiger partial charge >= 0.3 is 7.41 Å². The summed E-state index contributed by atoms with van der Waals surface area (Å²) in [4.78, 5) is 25.1. The zero-order chi connectivity index (χ0) is 31.9. The van der Waals surface area contributed by atoms with E-state index in [1.807, 2.05) is 21.6 Å². The van der Waals surface area contributed by atoms with Crippen LogP contribution in [0.3, 0.4) is 0 Å². The Labute approximate surface area is 267 Å². The van der Waals surface area contributed by atoms with E-state index in [-0.39, 0.29) is 5.04 Å². The number of rotatable bonds is 10. The molecule has 2 aliphatic rings. The highest BCUT2D eigenvalue weighted by Gasteiger charge is 2.44. The lowest BCUT2D eigenvalue weighted by atomic mass is 9.83. The number of hydrogen-bond acceptors (Lipinski definition) is 9. The van der Waals surface area contributed by atoms with Crippen LogP contribution in [0.1, 0.15) is 45.2 Å². The van der Waals surface area contributed by atoms with E-state index in [9.17, 15) is 10.1 Å². The van der Waals surface area contributed by atoms with Gasteiger partial charge in [0, 0.05) is 55.2 Å². The lowest BCUT2D eigenvalue weighted by Gasteiger charge is -2.39. The standard InChI is InChI=1S/C31H41BClN8O2Si/c1-30(2,3)44(6,7)43-19-31(4)18-40(32-20-42)28-23(15-34)12-22(13-24(28)31)25-8-10-35-29(36-25)37-27-14-26(33)38-41(27)17-21-9-11-39(5)16-21/h8,10,12-14,20-21H,9,11,16-19H2,1-7H3,(H,35,36,37)/t21-,31+/m0/s1. The first-order valence-corrected chi connectivity index (χ1v) is 18.3. The maximum Gasteiger partial charge on any atom is 0.329 e. The first-order valence-electron chi connectivity index (χ1n) is 15.0. The normalized spacial score (nSPS) is 20.4. The first-order chi connectivity index (χ1) is 20.7. The molecule has 1 N–H and O–H groups in total. The number of likely N-dealkylation sites (tertiary alicyclic amines) is 1. The third-order valence-corrected chi connectivity index (χ3v) is 14.0. The van der Waals surface area contributed by atoms with Crippen molar-refractivity contribution in [1.29, 1.82) is 5.26 Å². The summed E-state index contributed by atoms with van der Waals surface area (Å²) in [5, 5.41) is 18.5. The molecule has 231 valence electrons. The Balaban J connectivity index is 1.47. The fourth-order valence-electron chi connectivity index (χ4n) is 5.80. The molecule has 1 radical (unpaired) electrons. The molecule has 13 heteroatoms. The highest BCUT2D eigenvalue weighted by Crippen LogP contribution is 2.46. The number of carbonyl (C=O) groups is 1. The molecule has 3 aromatic rings. The van der Waals surface area contributed by atoms with Crippen molar-refractivity contribution in [2.24, 2.45) is 5.92 Å². The SMILES string of the molecule is CN1CC[C@H](Cn2nc(Cl)cc2Nc2nccc(-c3cc(C#N)c4c(c3)[C@@](C)(CO[Si](C)(C)C(C)(C)C)CN4[B]C=O)n2)C1. The zero-order valence-electron chi connectivity index (χ0n) is 26.7. The van der Waals surface area contributed by atoms with Gasteiger partial charge in [0.15, 0.2) is 13.5 Å². The van der Waals surface area contributed by atoms with Gasteiger partial charge in [0.2, 0.25) is 5.95 Å². The average molecular weight is 632 g/mol. The van der Waals surface area contributed by atoms with E-state index in [0.29, 0.717) is 41.4 Å². The van der Waals surface area contributed by atoms with Crippen molar-refractivity contribution in [2.75, 3.05) is 43.4 Å². The predicted molar refractivity (Wildman–Crippen MR) is 179 cm³/mol. The van der Waals surface area contributed by atoms with Crippen LogP contribution in [0.15, 0.2) is 30.5 Å². The van der Waals surface area contributed by atoms with E-state index < -0.39 is 13.7 Å². The van der Waals surface area contributed by atoms with Crippen LogP contribution in [-0.2, 0) is 21.2 Å². The number of nitrogens with one attached hydrogen (secondary N) is 1. The molecular formula is C31H41BClN8O2Si. The summed E-state index contributed by atoms with van der Waals surface area (Å²) in [6.45, 7) is 17.1. The number of fused-ring (bicyclic) bond motifs is 1. The van der Waals surface area contributed by atoms with Gasteiger partial charge in [-0.15, -0.1) is 0 Å². The largest absolute Gasteiger partial charge is 0.416 e. The number of anilines is 3. The number of carbonyl (C=O) groups excluding carboxylic acids is 1. The monoisotopic (exact) mass is 631 g/mol. The van der Waals surface area contributed by atoms with E-state index in [1.54, 1.807) is 12.3 Å². The minimum absolute atomic E-state index is 0.0521. The van der Waals surface area contributed by atoms with Crippen LogP contribution in [0.5, 0.6) is 0 Å². The summed E-state index contributed by atoms with van der Waals surface area (Å²) in [5.41, 5.74) is 3.19. The Hall–Kier alpha value is -3.24. The average Bonchev–Trinajstić information content (AvgIpc) is 3.62. The van der Waals surface area contributed by atoms with Crippen molar-refractivity contribution < 1.29 is 9.22 Å². The Morgan fingerprint density at radius 1 is 1.32 bits per heavy atom. The smallest absolute Gasteiger partial charge is 0.329 e. The van der Waals surface area contributed by atoms with E-state index in [0.717, 1.165) is 54.9 Å². The summed E-state index contributed by atoms with van der Waals surface area (Å²) < 4.78 is 8.59. The third-order valence-electron chi connectivity index (χ3n) is 9.35. The molecule has 0 saturated carbocycles. The van der Waals surface area contributed by atoms with Gasteiger partial charge in [0.25, 0.3) is 0 Å². The van der Waals surface area contributed by atoms with Gasteiger partial charge in [0.05, 0.1) is 11.3 Å². The molecule has 4 heterocycles. The van der Waals surface area contributed by atoms with Gasteiger partial charge in [-0.2, -0.15) is 10.4 Å². The molecule has 0 unspecified atom stereocenters. The van der Waals surface area contributed by atoms with Gasteiger partial charge in [-0.25, -0.2) is 14.6 Å². The van der Waals surface area contributed by atoms with Crippen LogP contribution in [-0.4, -0.2) is 79.9 Å². The minimum Gasteiger partial charge on any atom is -0.416 e. The second kappa shape index (κ2) is 12.3. The lowest BCUT2D eigenvalue weighted by molar-refractivity contribution is 0.219. The van der Waals surface area contributed by atoms with Crippen molar-refractivity contribution in [3.63, 3.8) is 0 Å². The molecule has 1 aromatic carbocycles. The summed E-state index contributed by atoms with van der Waals surface area (Å²) in [5.74, 6) is 1.62. The van der Waals surface area contributed by atoms with E-state index in [1.165, 1.54) is 7.41 Å². The fourth-order valence-corrected chi connectivity index (χ4v) is 7.10. The molecule has 0 spiro atoms. The van der Waals surface area contributed by atoms with Crippen LogP contribution in [0.25, 0.3) is 11.3 Å².